The Bertz CT molecular complexity index is 166. The smallest absolute Gasteiger partial charge is 0.0139 e. The molecule has 0 bridgehead atoms. The first-order valence-corrected chi connectivity index (χ1v) is 4.98. The molecule has 4 atom stereocenters. The quantitative estimate of drug-likeness (QED) is 0.546. The van der Waals surface area contributed by atoms with E-state index in [9.17, 15) is 0 Å². The van der Waals surface area contributed by atoms with E-state index < -0.39 is 0 Å². The summed E-state index contributed by atoms with van der Waals surface area (Å²) in [4.78, 5) is 0. The van der Waals surface area contributed by atoms with Crippen LogP contribution in [0.15, 0.2) is 24.3 Å². The maximum absolute atomic E-state index is 2.36. The van der Waals surface area contributed by atoms with Crippen LogP contribution in [0.3, 0.4) is 0 Å². The molecule has 1 aliphatic rings. The highest BCUT2D eigenvalue weighted by atomic mass is 14.4. The lowest BCUT2D eigenvalue weighted by atomic mass is 9.58. The van der Waals surface area contributed by atoms with Gasteiger partial charge in [-0.2, -0.15) is 0 Å². The second kappa shape index (κ2) is 3.93. The largest absolute Gasteiger partial charge is 0.0914 e. The van der Waals surface area contributed by atoms with Gasteiger partial charge < -0.3 is 0 Å². The highest BCUT2D eigenvalue weighted by Crippen LogP contribution is 2.47. The Morgan fingerprint density at radius 3 is 1.33 bits per heavy atom. The van der Waals surface area contributed by atoms with Crippen LogP contribution in [-0.2, 0) is 0 Å². The summed E-state index contributed by atoms with van der Waals surface area (Å²) in [6.45, 7) is 8.94. The molecule has 1 aliphatic carbocycles. The van der Waals surface area contributed by atoms with Crippen LogP contribution in [0, 0.1) is 23.7 Å². The van der Waals surface area contributed by atoms with Crippen molar-refractivity contribution in [1.82, 2.24) is 0 Å². The van der Waals surface area contributed by atoms with E-state index >= 15 is 0 Å². The van der Waals surface area contributed by atoms with Crippen LogP contribution in [0.25, 0.3) is 0 Å². The van der Waals surface area contributed by atoms with Crippen molar-refractivity contribution >= 4 is 0 Å². The molecular weight excluding hydrogens is 144 g/mol. The van der Waals surface area contributed by atoms with Gasteiger partial charge in [0.15, 0.2) is 0 Å². The molecule has 0 radical (unpaired) electrons. The Balaban J connectivity index is 2.61. The molecule has 0 heterocycles. The van der Waals surface area contributed by atoms with E-state index in [0.717, 1.165) is 23.7 Å². The zero-order valence-electron chi connectivity index (χ0n) is 8.62. The van der Waals surface area contributed by atoms with Gasteiger partial charge in [-0.25, -0.2) is 0 Å². The SMILES string of the molecule is CC=CC1C(C)C(C)C1C=CC. The van der Waals surface area contributed by atoms with Crippen molar-refractivity contribution in [3.8, 4) is 0 Å². The second-order valence-electron chi connectivity index (χ2n) is 3.92. The average molecular weight is 164 g/mol. The summed E-state index contributed by atoms with van der Waals surface area (Å²) in [5.41, 5.74) is 0. The summed E-state index contributed by atoms with van der Waals surface area (Å²) in [5.74, 6) is 3.31. The van der Waals surface area contributed by atoms with Gasteiger partial charge in [0, 0.05) is 0 Å². The molecule has 1 saturated carbocycles. The Kier molecular flexibility index (Phi) is 3.13. The molecule has 0 aromatic carbocycles. The molecule has 1 rings (SSSR count). The summed E-state index contributed by atoms with van der Waals surface area (Å²) < 4.78 is 0. The summed E-state index contributed by atoms with van der Waals surface area (Å²) in [5, 5.41) is 0. The topological polar surface area (TPSA) is 0 Å². The van der Waals surface area contributed by atoms with Crippen LogP contribution in [0.5, 0.6) is 0 Å². The minimum Gasteiger partial charge on any atom is -0.0914 e. The monoisotopic (exact) mass is 164 g/mol. The zero-order chi connectivity index (χ0) is 9.14. The van der Waals surface area contributed by atoms with Crippen LogP contribution in [0.2, 0.25) is 0 Å². The standard InChI is InChI=1S/C12H20/c1-5-7-11-9(3)10(4)12(11)8-6-2/h5-12H,1-4H3. The molecule has 0 aliphatic heterocycles. The Hall–Kier alpha value is -0.520. The van der Waals surface area contributed by atoms with Crippen molar-refractivity contribution in [2.24, 2.45) is 23.7 Å². The molecular formula is C12H20. The fourth-order valence-corrected chi connectivity index (χ4v) is 2.31. The highest BCUT2D eigenvalue weighted by Gasteiger charge is 2.41. The first kappa shape index (κ1) is 9.57. The molecule has 0 N–H and O–H groups in total. The third-order valence-electron chi connectivity index (χ3n) is 3.32. The van der Waals surface area contributed by atoms with Gasteiger partial charge in [-0.1, -0.05) is 38.2 Å². The van der Waals surface area contributed by atoms with Crippen LogP contribution in [-0.4, -0.2) is 0 Å². The molecule has 1 fully saturated rings. The van der Waals surface area contributed by atoms with Gasteiger partial charge in [-0.3, -0.25) is 0 Å². The normalized spacial score (nSPS) is 42.3. The van der Waals surface area contributed by atoms with Crippen molar-refractivity contribution in [1.29, 1.82) is 0 Å². The lowest BCUT2D eigenvalue weighted by molar-refractivity contribution is 0.0746. The summed E-state index contributed by atoms with van der Waals surface area (Å²) >= 11 is 0. The molecule has 0 aromatic heterocycles. The van der Waals surface area contributed by atoms with Crippen LogP contribution < -0.4 is 0 Å². The Morgan fingerprint density at radius 2 is 1.08 bits per heavy atom. The summed E-state index contributed by atoms with van der Waals surface area (Å²) in [6, 6.07) is 0. The summed E-state index contributed by atoms with van der Waals surface area (Å²) in [7, 11) is 0. The predicted molar refractivity (Wildman–Crippen MR) is 54.9 cm³/mol. The molecule has 0 spiro atoms. The Morgan fingerprint density at radius 1 is 0.750 bits per heavy atom. The molecule has 0 heteroatoms. The second-order valence-corrected chi connectivity index (χ2v) is 3.92. The first-order valence-electron chi connectivity index (χ1n) is 4.98. The third-order valence-corrected chi connectivity index (χ3v) is 3.32. The van der Waals surface area contributed by atoms with E-state index in [2.05, 4.69) is 52.0 Å². The number of allylic oxidation sites excluding steroid dienone is 4. The van der Waals surface area contributed by atoms with Gasteiger partial charge in [0.1, 0.15) is 0 Å². The lowest BCUT2D eigenvalue weighted by Crippen LogP contribution is -2.41. The zero-order valence-corrected chi connectivity index (χ0v) is 8.62. The van der Waals surface area contributed by atoms with E-state index in [1.165, 1.54) is 0 Å². The molecule has 12 heavy (non-hydrogen) atoms. The van der Waals surface area contributed by atoms with Crippen molar-refractivity contribution < 1.29 is 0 Å². The molecule has 0 nitrogen and oxygen atoms in total. The average Bonchev–Trinajstić information content (AvgIpc) is 2.10. The summed E-state index contributed by atoms with van der Waals surface area (Å²) in [6.07, 6.45) is 9.08. The third kappa shape index (κ3) is 1.48. The molecule has 4 unspecified atom stereocenters. The van der Waals surface area contributed by atoms with E-state index in [1.807, 2.05) is 0 Å². The fraction of sp³-hybridized carbons (Fsp3) is 0.667. The maximum atomic E-state index is 2.36. The number of rotatable bonds is 2. The van der Waals surface area contributed by atoms with Gasteiger partial charge in [0.25, 0.3) is 0 Å². The van der Waals surface area contributed by atoms with Crippen LogP contribution in [0.1, 0.15) is 27.7 Å². The highest BCUT2D eigenvalue weighted by molar-refractivity contribution is 5.09. The van der Waals surface area contributed by atoms with E-state index in [-0.39, 0.29) is 0 Å². The maximum Gasteiger partial charge on any atom is -0.0139 e. The van der Waals surface area contributed by atoms with Crippen molar-refractivity contribution in [2.45, 2.75) is 27.7 Å². The van der Waals surface area contributed by atoms with E-state index in [0.29, 0.717) is 0 Å². The lowest BCUT2D eigenvalue weighted by Gasteiger charge is -2.47. The Labute approximate surface area is 76.4 Å². The van der Waals surface area contributed by atoms with Crippen LogP contribution in [0.4, 0.5) is 0 Å². The predicted octanol–water partition coefficient (Wildman–Crippen LogP) is 3.66. The number of hydrogen-bond acceptors (Lipinski definition) is 0. The van der Waals surface area contributed by atoms with Crippen molar-refractivity contribution in [2.75, 3.05) is 0 Å². The molecule has 68 valence electrons. The fourth-order valence-electron chi connectivity index (χ4n) is 2.31. The van der Waals surface area contributed by atoms with Gasteiger partial charge in [-0.05, 0) is 37.5 Å². The molecule has 0 amide bonds. The first-order chi connectivity index (χ1) is 5.72. The van der Waals surface area contributed by atoms with E-state index in [1.54, 1.807) is 0 Å². The minimum absolute atomic E-state index is 0.793. The number of hydrogen-bond donors (Lipinski definition) is 0. The van der Waals surface area contributed by atoms with Crippen molar-refractivity contribution in [3.63, 3.8) is 0 Å². The van der Waals surface area contributed by atoms with Gasteiger partial charge >= 0.3 is 0 Å². The van der Waals surface area contributed by atoms with E-state index in [4.69, 9.17) is 0 Å². The van der Waals surface area contributed by atoms with Gasteiger partial charge in [0.05, 0.1) is 0 Å². The van der Waals surface area contributed by atoms with Crippen molar-refractivity contribution in [3.05, 3.63) is 24.3 Å². The molecule has 0 saturated heterocycles. The molecule has 0 aromatic rings. The van der Waals surface area contributed by atoms with Gasteiger partial charge in [0.2, 0.25) is 0 Å². The van der Waals surface area contributed by atoms with Crippen LogP contribution >= 0.6 is 0 Å². The van der Waals surface area contributed by atoms with Gasteiger partial charge in [-0.15, -0.1) is 0 Å². The minimum atomic E-state index is 0.793.